The first-order chi connectivity index (χ1) is 22.7. The lowest BCUT2D eigenvalue weighted by molar-refractivity contribution is 0.271. The molecule has 0 aliphatic heterocycles. The minimum atomic E-state index is -0.185. The molecule has 0 bridgehead atoms. The minimum Gasteiger partial charge on any atom is -0.392 e. The molecule has 0 radical (unpaired) electrons. The van der Waals surface area contributed by atoms with E-state index in [9.17, 15) is 5.11 Å². The molecule has 4 aromatic heterocycles. The van der Waals surface area contributed by atoms with Gasteiger partial charge in [0.25, 0.3) is 0 Å². The number of hydrogen-bond donors (Lipinski definition) is 2. The van der Waals surface area contributed by atoms with Gasteiger partial charge < -0.3 is 14.8 Å². The Morgan fingerprint density at radius 1 is 0.522 bits per heavy atom. The van der Waals surface area contributed by atoms with E-state index in [1.807, 2.05) is 105 Å². The molecule has 4 aromatic carbocycles. The highest BCUT2D eigenvalue weighted by atomic mass is 16.3. The monoisotopic (exact) mass is 608 g/mol. The summed E-state index contributed by atoms with van der Waals surface area (Å²) in [6.45, 7) is 1.27. The molecule has 0 spiro atoms. The summed E-state index contributed by atoms with van der Waals surface area (Å²) in [5, 5.41) is 34.3. The zero-order valence-corrected chi connectivity index (χ0v) is 25.0. The van der Waals surface area contributed by atoms with E-state index in [4.69, 9.17) is 15.3 Å². The van der Waals surface area contributed by atoms with Gasteiger partial charge >= 0.3 is 0 Å². The van der Waals surface area contributed by atoms with Gasteiger partial charge in [-0.05, 0) is 47.0 Å². The van der Waals surface area contributed by atoms with Crippen LogP contribution in [0.2, 0.25) is 0 Å². The van der Waals surface area contributed by atoms with Crippen molar-refractivity contribution in [3.63, 3.8) is 0 Å². The average molecular weight is 609 g/mol. The van der Waals surface area contributed by atoms with Crippen LogP contribution in [0.4, 0.5) is 0 Å². The third-order valence-electron chi connectivity index (χ3n) is 7.71. The Hall–Kier alpha value is -5.84. The van der Waals surface area contributed by atoms with Gasteiger partial charge in [0.2, 0.25) is 0 Å². The smallest absolute Gasteiger partial charge is 0.184 e. The van der Waals surface area contributed by atoms with Crippen LogP contribution in [0.1, 0.15) is 22.5 Å². The second-order valence-electron chi connectivity index (χ2n) is 10.8. The SMILES string of the molecule is OCc1ccn(-c2nn(Cc3ccccc3)c3ccccc23)c1.OCc1ncn(-c2nn(Cc3ccccc3)c3ccccc23)n1. The molecule has 46 heavy (non-hydrogen) atoms. The molecule has 0 saturated carbocycles. The third-order valence-corrected chi connectivity index (χ3v) is 7.71. The summed E-state index contributed by atoms with van der Waals surface area (Å²) in [5.74, 6) is 1.98. The summed E-state index contributed by atoms with van der Waals surface area (Å²) in [4.78, 5) is 4.06. The predicted octanol–water partition coefficient (Wildman–Crippen LogP) is 5.53. The van der Waals surface area contributed by atoms with E-state index >= 15 is 0 Å². The second-order valence-corrected chi connectivity index (χ2v) is 10.8. The first kappa shape index (κ1) is 28.9. The van der Waals surface area contributed by atoms with Crippen LogP contribution < -0.4 is 0 Å². The third kappa shape index (κ3) is 5.94. The van der Waals surface area contributed by atoms with Crippen LogP contribution in [-0.2, 0) is 26.3 Å². The number of benzene rings is 4. The molecule has 8 aromatic rings. The van der Waals surface area contributed by atoms with Crippen LogP contribution in [-0.4, -0.2) is 49.1 Å². The van der Waals surface area contributed by atoms with E-state index in [0.29, 0.717) is 18.2 Å². The van der Waals surface area contributed by atoms with Crippen LogP contribution >= 0.6 is 0 Å². The van der Waals surface area contributed by atoms with Gasteiger partial charge in [-0.25, -0.2) is 4.98 Å². The summed E-state index contributed by atoms with van der Waals surface area (Å²) in [7, 11) is 0. The largest absolute Gasteiger partial charge is 0.392 e. The number of aliphatic hydroxyl groups is 2. The fourth-order valence-electron chi connectivity index (χ4n) is 5.47. The van der Waals surface area contributed by atoms with Crippen LogP contribution in [0.25, 0.3) is 33.4 Å². The van der Waals surface area contributed by atoms with Gasteiger partial charge in [-0.2, -0.15) is 14.9 Å². The topological polar surface area (TPSA) is 112 Å². The molecule has 0 aliphatic carbocycles. The molecule has 8 rings (SSSR count). The number of nitrogens with zero attached hydrogens (tertiary/aromatic N) is 8. The lowest BCUT2D eigenvalue weighted by atomic mass is 10.2. The summed E-state index contributed by atoms with van der Waals surface area (Å²) < 4.78 is 7.56. The van der Waals surface area contributed by atoms with Crippen molar-refractivity contribution < 1.29 is 10.2 Å². The lowest BCUT2D eigenvalue weighted by Crippen LogP contribution is -2.03. The summed E-state index contributed by atoms with van der Waals surface area (Å²) >= 11 is 0. The first-order valence-electron chi connectivity index (χ1n) is 15.0. The molecule has 0 amide bonds. The quantitative estimate of drug-likeness (QED) is 0.235. The fourth-order valence-corrected chi connectivity index (χ4v) is 5.47. The van der Waals surface area contributed by atoms with E-state index in [1.165, 1.54) is 11.1 Å². The Kier molecular flexibility index (Phi) is 8.19. The van der Waals surface area contributed by atoms with Crippen LogP contribution in [0.15, 0.2) is 134 Å². The van der Waals surface area contributed by atoms with Crippen molar-refractivity contribution in [3.05, 3.63) is 156 Å². The fraction of sp³-hybridized carbons (Fsp3) is 0.111. The molecule has 0 saturated heterocycles. The molecule has 228 valence electrons. The van der Waals surface area contributed by atoms with Crippen molar-refractivity contribution in [1.82, 2.24) is 38.9 Å². The van der Waals surface area contributed by atoms with E-state index in [0.717, 1.165) is 39.7 Å². The Balaban J connectivity index is 0.000000147. The van der Waals surface area contributed by atoms with Crippen molar-refractivity contribution in [3.8, 4) is 11.6 Å². The van der Waals surface area contributed by atoms with Crippen LogP contribution in [0.3, 0.4) is 0 Å². The van der Waals surface area contributed by atoms with E-state index in [1.54, 1.807) is 11.0 Å². The number of fused-ring (bicyclic) bond motifs is 2. The Labute approximate surface area is 265 Å². The first-order valence-corrected chi connectivity index (χ1v) is 15.0. The summed E-state index contributed by atoms with van der Waals surface area (Å²) in [6, 6.07) is 38.7. The van der Waals surface area contributed by atoms with Gasteiger partial charge in [0.15, 0.2) is 17.5 Å². The molecule has 10 nitrogen and oxygen atoms in total. The number of hydrogen-bond acceptors (Lipinski definition) is 6. The number of aromatic nitrogens is 8. The summed E-state index contributed by atoms with van der Waals surface area (Å²) in [6.07, 6.45) is 5.43. The molecule has 0 unspecified atom stereocenters. The predicted molar refractivity (Wildman–Crippen MR) is 177 cm³/mol. The number of aliphatic hydroxyl groups excluding tert-OH is 2. The van der Waals surface area contributed by atoms with Gasteiger partial charge in [0.1, 0.15) is 12.9 Å². The Morgan fingerprint density at radius 2 is 1.07 bits per heavy atom. The molecular formula is C36H32N8O2. The molecule has 0 fully saturated rings. The van der Waals surface area contributed by atoms with Crippen molar-refractivity contribution in [2.24, 2.45) is 0 Å². The molecular weight excluding hydrogens is 576 g/mol. The Bertz CT molecular complexity index is 2040. The van der Waals surface area contributed by atoms with Crippen molar-refractivity contribution >= 4 is 21.8 Å². The zero-order chi connectivity index (χ0) is 31.3. The normalized spacial score (nSPS) is 11.2. The highest BCUT2D eigenvalue weighted by Crippen LogP contribution is 2.24. The van der Waals surface area contributed by atoms with Crippen LogP contribution in [0.5, 0.6) is 0 Å². The highest BCUT2D eigenvalue weighted by molar-refractivity contribution is 5.87. The lowest BCUT2D eigenvalue weighted by Gasteiger charge is -2.03. The van der Waals surface area contributed by atoms with Crippen LogP contribution in [0, 0.1) is 0 Å². The van der Waals surface area contributed by atoms with Gasteiger partial charge in [-0.15, -0.1) is 5.10 Å². The maximum absolute atomic E-state index is 9.27. The Morgan fingerprint density at radius 3 is 1.61 bits per heavy atom. The highest BCUT2D eigenvalue weighted by Gasteiger charge is 2.14. The van der Waals surface area contributed by atoms with Crippen molar-refractivity contribution in [2.75, 3.05) is 0 Å². The van der Waals surface area contributed by atoms with E-state index < -0.39 is 0 Å². The molecule has 0 atom stereocenters. The average Bonchev–Trinajstić information content (AvgIpc) is 3.92. The number of para-hydroxylation sites is 2. The van der Waals surface area contributed by atoms with Crippen molar-refractivity contribution in [1.29, 1.82) is 0 Å². The molecule has 4 heterocycles. The van der Waals surface area contributed by atoms with Gasteiger partial charge in [-0.3, -0.25) is 9.36 Å². The van der Waals surface area contributed by atoms with Crippen molar-refractivity contribution in [2.45, 2.75) is 26.3 Å². The molecule has 10 heteroatoms. The maximum Gasteiger partial charge on any atom is 0.184 e. The number of rotatable bonds is 8. The molecule has 2 N–H and O–H groups in total. The second kappa shape index (κ2) is 13.0. The minimum absolute atomic E-state index is 0.0374. The standard InChI is InChI=1S/C19H17N3O.C17H15N5O/c23-14-16-10-11-21(12-16)19-17-8-4-5-9-18(17)22(20-19)13-15-6-2-1-3-7-15;23-11-16-18-12-22(19-16)17-14-8-4-5-9-15(14)21(20-17)10-13-6-2-1-3-7-13/h1-12,23H,13-14H2;1-9,12,23H,10-11H2. The maximum atomic E-state index is 9.27. The molecule has 0 aliphatic rings. The van der Waals surface area contributed by atoms with E-state index in [2.05, 4.69) is 46.5 Å². The van der Waals surface area contributed by atoms with Gasteiger partial charge in [-0.1, -0.05) is 84.9 Å². The van der Waals surface area contributed by atoms with E-state index in [-0.39, 0.29) is 13.2 Å². The summed E-state index contributed by atoms with van der Waals surface area (Å²) in [5.41, 5.74) is 5.42. The van der Waals surface area contributed by atoms with Gasteiger partial charge in [0, 0.05) is 23.2 Å². The zero-order valence-electron chi connectivity index (χ0n) is 25.0. The van der Waals surface area contributed by atoms with Gasteiger partial charge in [0.05, 0.1) is 30.7 Å².